The van der Waals surface area contributed by atoms with Gasteiger partial charge >= 0.3 is 0 Å². The molecule has 0 aliphatic carbocycles. The summed E-state index contributed by atoms with van der Waals surface area (Å²) in [5.74, 6) is 2.38. The number of benzene rings is 8. The number of para-hydroxylation sites is 1. The number of hydrogen-bond acceptors (Lipinski definition) is 6. The van der Waals surface area contributed by atoms with Crippen molar-refractivity contribution >= 4 is 65.4 Å². The third kappa shape index (κ3) is 4.38. The first-order valence-electron chi connectivity index (χ1n) is 17.2. The van der Waals surface area contributed by atoms with E-state index in [1.54, 1.807) is 0 Å². The van der Waals surface area contributed by atoms with Crippen molar-refractivity contribution in [1.29, 1.82) is 0 Å². The molecular weight excluding hydrogens is 641 g/mol. The molecule has 0 radical (unpaired) electrons. The second kappa shape index (κ2) is 11.2. The van der Waals surface area contributed by atoms with E-state index in [0.717, 1.165) is 87.6 Å². The van der Waals surface area contributed by atoms with Gasteiger partial charge in [-0.2, -0.15) is 0 Å². The van der Waals surface area contributed by atoms with Gasteiger partial charge < -0.3 is 8.83 Å². The molecule has 0 spiro atoms. The summed E-state index contributed by atoms with van der Waals surface area (Å²) in [4.78, 5) is 20.4. The average Bonchev–Trinajstić information content (AvgIpc) is 3.84. The third-order valence-corrected chi connectivity index (χ3v) is 9.93. The normalized spacial score (nSPS) is 11.8. The molecule has 0 atom stereocenters. The lowest BCUT2D eigenvalue weighted by molar-refractivity contribution is 0.623. The highest BCUT2D eigenvalue weighted by Crippen LogP contribution is 2.42. The van der Waals surface area contributed by atoms with E-state index in [1.165, 1.54) is 0 Å². The van der Waals surface area contributed by atoms with Crippen LogP contribution in [0.25, 0.3) is 111 Å². The predicted octanol–water partition coefficient (Wildman–Crippen LogP) is 12.0. The van der Waals surface area contributed by atoms with E-state index < -0.39 is 0 Å². The van der Waals surface area contributed by atoms with Gasteiger partial charge in [-0.1, -0.05) is 127 Å². The van der Waals surface area contributed by atoms with Crippen LogP contribution in [0.3, 0.4) is 0 Å². The monoisotopic (exact) mass is 666 g/mol. The van der Waals surface area contributed by atoms with Gasteiger partial charge in [-0.15, -0.1) is 0 Å². The number of furan rings is 1. The molecule has 242 valence electrons. The number of hydrogen-bond donors (Lipinski definition) is 0. The fourth-order valence-corrected chi connectivity index (χ4v) is 7.54. The molecule has 0 aliphatic rings. The maximum absolute atomic E-state index is 6.50. The van der Waals surface area contributed by atoms with Crippen molar-refractivity contribution in [2.75, 3.05) is 0 Å². The first kappa shape index (κ1) is 28.6. The van der Waals surface area contributed by atoms with Crippen molar-refractivity contribution in [3.05, 3.63) is 158 Å². The molecule has 0 aliphatic heterocycles. The Hall–Kier alpha value is -7.18. The van der Waals surface area contributed by atoms with Gasteiger partial charge in [0, 0.05) is 43.8 Å². The first-order chi connectivity index (χ1) is 25.8. The average molecular weight is 667 g/mol. The molecule has 6 nitrogen and oxygen atoms in total. The van der Waals surface area contributed by atoms with Gasteiger partial charge in [-0.25, -0.2) is 19.9 Å². The zero-order valence-electron chi connectivity index (χ0n) is 27.6. The quantitative estimate of drug-likeness (QED) is 0.174. The van der Waals surface area contributed by atoms with Crippen LogP contribution < -0.4 is 0 Å². The van der Waals surface area contributed by atoms with Crippen molar-refractivity contribution in [2.45, 2.75) is 0 Å². The highest BCUT2D eigenvalue weighted by molar-refractivity contribution is 6.30. The van der Waals surface area contributed by atoms with Crippen LogP contribution in [0.15, 0.2) is 167 Å². The SMILES string of the molecule is c1ccc(-c2nc(-c3ccc4ccc5c6nc(-c7ccccc7)oc6c6ccccc6c5c4c3)nc(-c3cccc4oc5ccccc5c34)n2)cc1. The lowest BCUT2D eigenvalue weighted by Crippen LogP contribution is -2.00. The summed E-state index contributed by atoms with van der Waals surface area (Å²) in [5, 5.41) is 8.47. The van der Waals surface area contributed by atoms with Gasteiger partial charge in [-0.05, 0) is 51.9 Å². The van der Waals surface area contributed by atoms with Crippen LogP contribution in [0, 0.1) is 0 Å². The lowest BCUT2D eigenvalue weighted by Gasteiger charge is -2.12. The number of rotatable bonds is 4. The highest BCUT2D eigenvalue weighted by atomic mass is 16.3. The molecule has 52 heavy (non-hydrogen) atoms. The lowest BCUT2D eigenvalue weighted by atomic mass is 9.94. The summed E-state index contributed by atoms with van der Waals surface area (Å²) < 4.78 is 12.7. The van der Waals surface area contributed by atoms with Crippen LogP contribution in [0.2, 0.25) is 0 Å². The minimum absolute atomic E-state index is 0.585. The van der Waals surface area contributed by atoms with Crippen LogP contribution in [0.5, 0.6) is 0 Å². The Morgan fingerprint density at radius 3 is 1.85 bits per heavy atom. The zero-order chi connectivity index (χ0) is 34.2. The Labute approximate surface area is 296 Å². The summed E-state index contributed by atoms with van der Waals surface area (Å²) in [7, 11) is 0. The largest absolute Gasteiger partial charge is 0.456 e. The van der Waals surface area contributed by atoms with Gasteiger partial charge in [0.15, 0.2) is 23.1 Å². The highest BCUT2D eigenvalue weighted by Gasteiger charge is 2.20. The van der Waals surface area contributed by atoms with Gasteiger partial charge in [-0.3, -0.25) is 0 Å². The molecule has 8 aromatic carbocycles. The third-order valence-electron chi connectivity index (χ3n) is 9.93. The molecule has 3 aromatic heterocycles. The molecule has 6 heteroatoms. The Morgan fingerprint density at radius 1 is 0.365 bits per heavy atom. The fraction of sp³-hybridized carbons (Fsp3) is 0. The van der Waals surface area contributed by atoms with Gasteiger partial charge in [0.1, 0.15) is 16.7 Å². The fourth-order valence-electron chi connectivity index (χ4n) is 7.54. The topological polar surface area (TPSA) is 77.8 Å². The van der Waals surface area contributed by atoms with Crippen LogP contribution in [0.1, 0.15) is 0 Å². The van der Waals surface area contributed by atoms with Gasteiger partial charge in [0.2, 0.25) is 5.89 Å². The van der Waals surface area contributed by atoms with Gasteiger partial charge in [0.25, 0.3) is 0 Å². The molecule has 0 fully saturated rings. The molecule has 0 bridgehead atoms. The molecule has 0 saturated heterocycles. The molecule has 0 saturated carbocycles. The van der Waals surface area contributed by atoms with E-state index >= 15 is 0 Å². The van der Waals surface area contributed by atoms with E-state index in [0.29, 0.717) is 23.4 Å². The van der Waals surface area contributed by atoms with Gasteiger partial charge in [0.05, 0.1) is 0 Å². The Bertz CT molecular complexity index is 3180. The summed E-state index contributed by atoms with van der Waals surface area (Å²) in [6, 6.07) is 53.4. The minimum Gasteiger partial charge on any atom is -0.456 e. The predicted molar refractivity (Wildman–Crippen MR) is 209 cm³/mol. The number of fused-ring (bicyclic) bond motifs is 11. The van der Waals surface area contributed by atoms with E-state index in [1.807, 2.05) is 91.0 Å². The summed E-state index contributed by atoms with van der Waals surface area (Å²) in [6.45, 7) is 0. The molecule has 0 N–H and O–H groups in total. The molecular formula is C46H26N4O2. The van der Waals surface area contributed by atoms with Crippen molar-refractivity contribution in [3.63, 3.8) is 0 Å². The number of aromatic nitrogens is 4. The first-order valence-corrected chi connectivity index (χ1v) is 17.2. The minimum atomic E-state index is 0.585. The van der Waals surface area contributed by atoms with E-state index in [2.05, 4.69) is 66.7 Å². The summed E-state index contributed by atoms with van der Waals surface area (Å²) in [5.41, 5.74) is 6.88. The number of nitrogens with zero attached hydrogens (tertiary/aromatic N) is 4. The van der Waals surface area contributed by atoms with Crippen LogP contribution in [-0.2, 0) is 0 Å². The van der Waals surface area contributed by atoms with E-state index in [-0.39, 0.29) is 0 Å². The zero-order valence-corrected chi connectivity index (χ0v) is 27.6. The molecule has 11 rings (SSSR count). The second-order valence-corrected chi connectivity index (χ2v) is 13.0. The maximum atomic E-state index is 6.50. The molecule has 0 amide bonds. The van der Waals surface area contributed by atoms with Crippen LogP contribution in [0.4, 0.5) is 0 Å². The standard InChI is InChI=1S/C46H26N4O2/c1-3-12-28(13-4-1)43-48-44(50-45(49-43)35-19-11-21-38-40(35)33-18-9-10-20-37(33)51-38)30-23-22-27-24-25-34-39(36(27)26-30)31-16-7-8-17-32(31)42-41(34)47-46(52-42)29-14-5-2-6-15-29/h1-26H. The number of oxazole rings is 1. The van der Waals surface area contributed by atoms with Crippen molar-refractivity contribution in [1.82, 2.24) is 19.9 Å². The van der Waals surface area contributed by atoms with Crippen molar-refractivity contribution < 1.29 is 8.83 Å². The maximum Gasteiger partial charge on any atom is 0.227 e. The molecule has 3 heterocycles. The molecule has 11 aromatic rings. The Kier molecular flexibility index (Phi) is 6.15. The van der Waals surface area contributed by atoms with Crippen LogP contribution in [-0.4, -0.2) is 19.9 Å². The Morgan fingerprint density at radius 2 is 1.02 bits per heavy atom. The summed E-state index contributed by atoms with van der Waals surface area (Å²) >= 11 is 0. The van der Waals surface area contributed by atoms with Crippen LogP contribution >= 0.6 is 0 Å². The summed E-state index contributed by atoms with van der Waals surface area (Å²) in [6.07, 6.45) is 0. The van der Waals surface area contributed by atoms with E-state index in [4.69, 9.17) is 28.8 Å². The van der Waals surface area contributed by atoms with E-state index in [9.17, 15) is 0 Å². The smallest absolute Gasteiger partial charge is 0.227 e. The van der Waals surface area contributed by atoms with Crippen molar-refractivity contribution in [3.8, 4) is 45.6 Å². The van der Waals surface area contributed by atoms with Crippen molar-refractivity contribution in [2.24, 2.45) is 0 Å². The molecule has 0 unspecified atom stereocenters. The Balaban J connectivity index is 1.18. The second-order valence-electron chi connectivity index (χ2n) is 13.0.